The maximum atomic E-state index is 7.11. The molecule has 0 amide bonds. The second-order valence-electron chi connectivity index (χ2n) is 26.5. The minimum absolute atomic E-state index is 0.00667. The molecule has 0 saturated carbocycles. The predicted molar refractivity (Wildman–Crippen MR) is 313 cm³/mol. The number of para-hydroxylation sites is 1. The highest BCUT2D eigenvalue weighted by Gasteiger charge is 2.47. The molecule has 364 valence electrons. The monoisotopic (exact) mass is 954 g/mol. The number of nitrogens with zero attached hydrogens (tertiary/aromatic N) is 3. The Morgan fingerprint density at radius 2 is 1.00 bits per heavy atom. The summed E-state index contributed by atoms with van der Waals surface area (Å²) >= 11 is 0. The first-order chi connectivity index (χ1) is 34.4. The van der Waals surface area contributed by atoms with Crippen molar-refractivity contribution in [2.45, 2.75) is 131 Å². The third-order valence-electron chi connectivity index (χ3n) is 17.0. The Bertz CT molecular complexity index is 4000. The molecule has 73 heavy (non-hydrogen) atoms. The Morgan fingerprint density at radius 3 is 1.68 bits per heavy atom. The lowest BCUT2D eigenvalue weighted by Gasteiger charge is -2.46. The Balaban J connectivity index is 1.18. The van der Waals surface area contributed by atoms with Crippen molar-refractivity contribution in [3.05, 3.63) is 178 Å². The van der Waals surface area contributed by atoms with Crippen molar-refractivity contribution in [3.63, 3.8) is 0 Å². The van der Waals surface area contributed by atoms with Gasteiger partial charge in [0.15, 0.2) is 11.5 Å². The number of hydrogen-bond acceptors (Lipinski definition) is 2. The summed E-state index contributed by atoms with van der Waals surface area (Å²) in [5, 5.41) is 5.07. The van der Waals surface area contributed by atoms with E-state index in [1.54, 1.807) is 0 Å². The van der Waals surface area contributed by atoms with Gasteiger partial charge in [-0.05, 0) is 157 Å². The van der Waals surface area contributed by atoms with Crippen LogP contribution in [0, 0.1) is 6.92 Å². The lowest BCUT2D eigenvalue weighted by atomic mass is 9.30. The molecule has 0 unspecified atom stereocenters. The standard InChI is InChI=1S/C68H68BN3O/c1-39-29-51-62-59(30-39)71(45-25-21-40(22-26-45)64(2,3)4)58-38-57-48(49-32-43(67(11,12)13)34-61-63(49)72(57)55-28-24-42(66(8,9)10)33-60(55)73-61)36-53(58)69(62)52-35-47-46-31-41(65(5,6)7)23-27-54(46)70(44-19-17-16-18-20-44)56(47)37-50(52)68(51,14)15/h16-38H,1-15H3. The zero-order chi connectivity index (χ0) is 51.2. The molecule has 13 rings (SSSR count). The van der Waals surface area contributed by atoms with E-state index in [9.17, 15) is 0 Å². The van der Waals surface area contributed by atoms with E-state index >= 15 is 0 Å². The van der Waals surface area contributed by atoms with Gasteiger partial charge in [-0.15, -0.1) is 0 Å². The molecule has 8 aromatic carbocycles. The summed E-state index contributed by atoms with van der Waals surface area (Å²) in [6.07, 6.45) is 0. The van der Waals surface area contributed by atoms with Crippen LogP contribution in [-0.2, 0) is 27.1 Å². The molecule has 10 aromatic rings. The largest absolute Gasteiger partial charge is 0.453 e. The van der Waals surface area contributed by atoms with E-state index in [1.807, 2.05) is 0 Å². The lowest BCUT2D eigenvalue weighted by molar-refractivity contribution is 0.469. The minimum Gasteiger partial charge on any atom is -0.453 e. The molecule has 3 aliphatic heterocycles. The topological polar surface area (TPSA) is 22.3 Å². The summed E-state index contributed by atoms with van der Waals surface area (Å²) in [5.74, 6) is 1.82. The van der Waals surface area contributed by atoms with Gasteiger partial charge < -0.3 is 18.8 Å². The van der Waals surface area contributed by atoms with Gasteiger partial charge in [0, 0.05) is 49.7 Å². The normalized spacial score (nSPS) is 14.9. The summed E-state index contributed by atoms with van der Waals surface area (Å²) in [6.45, 7) is 34.9. The third-order valence-corrected chi connectivity index (χ3v) is 17.0. The maximum Gasteiger partial charge on any atom is 0.247 e. The number of rotatable bonds is 2. The van der Waals surface area contributed by atoms with Crippen molar-refractivity contribution in [1.29, 1.82) is 0 Å². The molecule has 0 aliphatic carbocycles. The summed E-state index contributed by atoms with van der Waals surface area (Å²) in [7, 11) is 0. The van der Waals surface area contributed by atoms with Crippen LogP contribution in [0.3, 0.4) is 0 Å². The molecular formula is C68H68BN3O. The smallest absolute Gasteiger partial charge is 0.247 e. The molecule has 0 saturated heterocycles. The van der Waals surface area contributed by atoms with Crippen molar-refractivity contribution in [1.82, 2.24) is 9.13 Å². The van der Waals surface area contributed by atoms with Gasteiger partial charge in [-0.25, -0.2) is 0 Å². The number of benzene rings is 8. The van der Waals surface area contributed by atoms with Crippen LogP contribution in [0.25, 0.3) is 55.0 Å². The summed E-state index contributed by atoms with van der Waals surface area (Å²) in [6, 6.07) is 54.5. The Labute approximate surface area is 432 Å². The molecule has 0 fully saturated rings. The van der Waals surface area contributed by atoms with Gasteiger partial charge in [-0.2, -0.15) is 0 Å². The molecule has 5 heterocycles. The van der Waals surface area contributed by atoms with Crippen LogP contribution in [0.1, 0.15) is 136 Å². The third kappa shape index (κ3) is 6.65. The molecule has 0 atom stereocenters. The number of aryl methyl sites for hydroxylation is 1. The van der Waals surface area contributed by atoms with Crippen LogP contribution >= 0.6 is 0 Å². The van der Waals surface area contributed by atoms with Crippen LogP contribution in [-0.4, -0.2) is 15.8 Å². The first kappa shape index (κ1) is 45.9. The van der Waals surface area contributed by atoms with Gasteiger partial charge in [-0.1, -0.05) is 163 Å². The second-order valence-corrected chi connectivity index (χ2v) is 26.5. The highest BCUT2D eigenvalue weighted by Crippen LogP contribution is 2.51. The molecular weight excluding hydrogens is 886 g/mol. The lowest BCUT2D eigenvalue weighted by Crippen LogP contribution is -2.64. The minimum atomic E-state index is -0.313. The average molecular weight is 954 g/mol. The van der Waals surface area contributed by atoms with Gasteiger partial charge in [0.1, 0.15) is 0 Å². The van der Waals surface area contributed by atoms with E-state index in [-0.39, 0.29) is 33.8 Å². The fraction of sp³-hybridized carbons (Fsp3) is 0.294. The van der Waals surface area contributed by atoms with Crippen LogP contribution in [0.4, 0.5) is 17.1 Å². The fourth-order valence-electron chi connectivity index (χ4n) is 12.8. The van der Waals surface area contributed by atoms with E-state index in [4.69, 9.17) is 4.74 Å². The predicted octanol–water partition coefficient (Wildman–Crippen LogP) is 16.4. The SMILES string of the molecule is Cc1cc2c3c(c1)C(C)(C)c1cc4c(cc1B3c1cc3c5cc(C(C)(C)C)cc6c5n(c3cc1N2c1ccc(C(C)(C)C)cc1)-c1ccc(C(C)(C)C)cc1O6)c1cc(C(C)(C)C)ccc1n4-c1ccccc1. The molecule has 0 bridgehead atoms. The van der Waals surface area contributed by atoms with E-state index in [2.05, 4.69) is 257 Å². The van der Waals surface area contributed by atoms with Crippen molar-refractivity contribution in [3.8, 4) is 22.9 Å². The first-order valence-electron chi connectivity index (χ1n) is 26.6. The second kappa shape index (κ2) is 14.8. The maximum absolute atomic E-state index is 7.11. The van der Waals surface area contributed by atoms with E-state index in [0.717, 1.165) is 22.7 Å². The Kier molecular flexibility index (Phi) is 9.32. The zero-order valence-electron chi connectivity index (χ0n) is 45.6. The molecule has 0 N–H and O–H groups in total. The first-order valence-corrected chi connectivity index (χ1v) is 26.6. The van der Waals surface area contributed by atoms with E-state index in [0.29, 0.717) is 0 Å². The van der Waals surface area contributed by atoms with E-state index < -0.39 is 0 Å². The number of fused-ring (bicyclic) bond motifs is 12. The van der Waals surface area contributed by atoms with Gasteiger partial charge in [0.25, 0.3) is 0 Å². The van der Waals surface area contributed by atoms with Crippen LogP contribution in [0.5, 0.6) is 11.5 Å². The highest BCUT2D eigenvalue weighted by molar-refractivity contribution is 6.99. The van der Waals surface area contributed by atoms with Crippen molar-refractivity contribution < 1.29 is 4.74 Å². The van der Waals surface area contributed by atoms with Gasteiger partial charge in [0.2, 0.25) is 6.71 Å². The van der Waals surface area contributed by atoms with Gasteiger partial charge in [-0.3, -0.25) is 0 Å². The molecule has 0 radical (unpaired) electrons. The number of hydrogen-bond donors (Lipinski definition) is 0. The van der Waals surface area contributed by atoms with E-state index in [1.165, 1.54) is 116 Å². The van der Waals surface area contributed by atoms with Crippen LogP contribution in [0.2, 0.25) is 0 Å². The summed E-state index contributed by atoms with van der Waals surface area (Å²) < 4.78 is 12.1. The highest BCUT2D eigenvalue weighted by atomic mass is 16.5. The quantitative estimate of drug-likeness (QED) is 0.161. The Morgan fingerprint density at radius 1 is 0.425 bits per heavy atom. The zero-order valence-corrected chi connectivity index (χ0v) is 45.6. The van der Waals surface area contributed by atoms with Gasteiger partial charge >= 0.3 is 0 Å². The van der Waals surface area contributed by atoms with Crippen molar-refractivity contribution >= 4 is 83.8 Å². The molecule has 3 aliphatic rings. The summed E-state index contributed by atoms with van der Waals surface area (Å²) in [5.41, 5.74) is 23.6. The van der Waals surface area contributed by atoms with Crippen molar-refractivity contribution in [2.24, 2.45) is 0 Å². The Hall–Kier alpha value is -6.98. The number of anilines is 3. The molecule has 0 spiro atoms. The van der Waals surface area contributed by atoms with Crippen molar-refractivity contribution in [2.75, 3.05) is 4.90 Å². The fourth-order valence-corrected chi connectivity index (χ4v) is 12.8. The number of ether oxygens (including phenoxy) is 1. The van der Waals surface area contributed by atoms with Crippen LogP contribution < -0.4 is 26.0 Å². The molecule has 4 nitrogen and oxygen atoms in total. The molecule has 5 heteroatoms. The van der Waals surface area contributed by atoms with Crippen LogP contribution in [0.15, 0.2) is 140 Å². The molecule has 2 aromatic heterocycles. The average Bonchev–Trinajstić information content (AvgIpc) is 3.82. The summed E-state index contributed by atoms with van der Waals surface area (Å²) in [4.78, 5) is 2.61. The number of aromatic nitrogens is 2. The van der Waals surface area contributed by atoms with Gasteiger partial charge in [0.05, 0.1) is 27.8 Å².